The molecule has 2 unspecified atom stereocenters. The molecule has 0 saturated heterocycles. The Morgan fingerprint density at radius 1 is 1.67 bits per heavy atom. The lowest BCUT2D eigenvalue weighted by molar-refractivity contribution is -0.00526. The molecule has 0 amide bonds. The van der Waals surface area contributed by atoms with Crippen LogP contribution >= 0.6 is 0 Å². The fourth-order valence-corrected chi connectivity index (χ4v) is 1.54. The van der Waals surface area contributed by atoms with Crippen molar-refractivity contribution in [2.45, 2.75) is 38.4 Å². The van der Waals surface area contributed by atoms with E-state index in [1.54, 1.807) is 0 Å². The maximum atomic E-state index is 9.51. The summed E-state index contributed by atoms with van der Waals surface area (Å²) in [5.41, 5.74) is 1.37. The van der Waals surface area contributed by atoms with Crippen LogP contribution in [0.2, 0.25) is 0 Å². The topological polar surface area (TPSA) is 29.5 Å². The van der Waals surface area contributed by atoms with Gasteiger partial charge < -0.3 is 9.84 Å². The van der Waals surface area contributed by atoms with Crippen LogP contribution in [0.3, 0.4) is 0 Å². The Hall–Kier alpha value is -0.760. The van der Waals surface area contributed by atoms with E-state index in [1.165, 1.54) is 11.8 Å². The quantitative estimate of drug-likeness (QED) is 0.505. The number of aliphatic hydroxyl groups excluding tert-OH is 1. The van der Waals surface area contributed by atoms with Gasteiger partial charge in [0.2, 0.25) is 0 Å². The summed E-state index contributed by atoms with van der Waals surface area (Å²) in [6.45, 7) is 5.51. The van der Waals surface area contributed by atoms with Crippen molar-refractivity contribution in [3.05, 3.63) is 24.5 Å². The second kappa shape index (κ2) is 4.31. The van der Waals surface area contributed by atoms with Crippen molar-refractivity contribution >= 4 is 0 Å². The first kappa shape index (κ1) is 9.33. The van der Waals surface area contributed by atoms with E-state index < -0.39 is 0 Å². The predicted octanol–water partition coefficient (Wildman–Crippen LogP) is 2.01. The van der Waals surface area contributed by atoms with Crippen LogP contribution in [-0.4, -0.2) is 17.3 Å². The highest BCUT2D eigenvalue weighted by Gasteiger charge is 2.25. The third-order valence-corrected chi connectivity index (χ3v) is 2.33. The molecule has 0 aromatic rings. The molecule has 0 radical (unpaired) electrons. The van der Waals surface area contributed by atoms with E-state index in [0.29, 0.717) is 0 Å². The second-order valence-corrected chi connectivity index (χ2v) is 3.10. The standard InChI is InChI=1S/C10H16O2/c1-3-8-5-6-9(11)10(7-8)12-4-2/h3-4,9-11H,2,5-7H2,1H3. The summed E-state index contributed by atoms with van der Waals surface area (Å²) in [6.07, 6.45) is 5.74. The zero-order valence-electron chi connectivity index (χ0n) is 7.49. The Morgan fingerprint density at radius 2 is 2.42 bits per heavy atom. The molecule has 1 aliphatic rings. The molecule has 1 rings (SSSR count). The number of hydrogen-bond donors (Lipinski definition) is 1. The number of hydrogen-bond acceptors (Lipinski definition) is 2. The molecule has 0 aromatic carbocycles. The van der Waals surface area contributed by atoms with Crippen molar-refractivity contribution in [3.63, 3.8) is 0 Å². The van der Waals surface area contributed by atoms with Crippen LogP contribution in [0.4, 0.5) is 0 Å². The predicted molar refractivity (Wildman–Crippen MR) is 48.7 cm³/mol. The monoisotopic (exact) mass is 168 g/mol. The Labute approximate surface area is 73.5 Å². The molecule has 1 saturated carbocycles. The summed E-state index contributed by atoms with van der Waals surface area (Å²) in [6, 6.07) is 0. The molecule has 2 atom stereocenters. The van der Waals surface area contributed by atoms with Gasteiger partial charge >= 0.3 is 0 Å². The van der Waals surface area contributed by atoms with Gasteiger partial charge in [0.15, 0.2) is 0 Å². The summed E-state index contributed by atoms with van der Waals surface area (Å²) in [5, 5.41) is 9.51. The van der Waals surface area contributed by atoms with Crippen LogP contribution in [0.15, 0.2) is 24.5 Å². The lowest BCUT2D eigenvalue weighted by atomic mass is 9.90. The lowest BCUT2D eigenvalue weighted by Gasteiger charge is -2.28. The van der Waals surface area contributed by atoms with Crippen molar-refractivity contribution < 1.29 is 9.84 Å². The van der Waals surface area contributed by atoms with E-state index in [4.69, 9.17) is 4.74 Å². The normalized spacial score (nSPS) is 33.3. The van der Waals surface area contributed by atoms with Gasteiger partial charge in [-0.1, -0.05) is 18.2 Å². The number of allylic oxidation sites excluding steroid dienone is 1. The molecule has 0 heterocycles. The molecular formula is C10H16O2. The molecule has 2 heteroatoms. The van der Waals surface area contributed by atoms with Crippen molar-refractivity contribution in [3.8, 4) is 0 Å². The largest absolute Gasteiger partial charge is 0.496 e. The van der Waals surface area contributed by atoms with Gasteiger partial charge in [0.1, 0.15) is 6.10 Å². The summed E-state index contributed by atoms with van der Waals surface area (Å²) in [7, 11) is 0. The summed E-state index contributed by atoms with van der Waals surface area (Å²) >= 11 is 0. The van der Waals surface area contributed by atoms with Gasteiger partial charge in [-0.05, 0) is 19.8 Å². The first-order valence-corrected chi connectivity index (χ1v) is 4.36. The molecule has 68 valence electrons. The smallest absolute Gasteiger partial charge is 0.127 e. The van der Waals surface area contributed by atoms with Crippen LogP contribution in [-0.2, 0) is 4.74 Å². The Balaban J connectivity index is 2.52. The summed E-state index contributed by atoms with van der Waals surface area (Å²) < 4.78 is 5.20. The molecular weight excluding hydrogens is 152 g/mol. The Bertz CT molecular complexity index is 184. The maximum Gasteiger partial charge on any atom is 0.127 e. The van der Waals surface area contributed by atoms with E-state index in [-0.39, 0.29) is 12.2 Å². The van der Waals surface area contributed by atoms with Gasteiger partial charge in [-0.2, -0.15) is 0 Å². The van der Waals surface area contributed by atoms with Crippen LogP contribution in [0.25, 0.3) is 0 Å². The summed E-state index contributed by atoms with van der Waals surface area (Å²) in [4.78, 5) is 0. The van der Waals surface area contributed by atoms with Gasteiger partial charge in [-0.15, -0.1) is 0 Å². The maximum absolute atomic E-state index is 9.51. The minimum Gasteiger partial charge on any atom is -0.496 e. The molecule has 1 N–H and O–H groups in total. The molecule has 0 aliphatic heterocycles. The van der Waals surface area contributed by atoms with Crippen molar-refractivity contribution in [2.75, 3.05) is 0 Å². The van der Waals surface area contributed by atoms with Crippen molar-refractivity contribution in [2.24, 2.45) is 0 Å². The van der Waals surface area contributed by atoms with Crippen molar-refractivity contribution in [1.82, 2.24) is 0 Å². The first-order valence-electron chi connectivity index (χ1n) is 4.36. The Morgan fingerprint density at radius 3 is 3.00 bits per heavy atom. The fourth-order valence-electron chi connectivity index (χ4n) is 1.54. The third kappa shape index (κ3) is 2.11. The highest BCUT2D eigenvalue weighted by Crippen LogP contribution is 2.25. The zero-order valence-corrected chi connectivity index (χ0v) is 7.49. The minimum absolute atomic E-state index is 0.0811. The first-order chi connectivity index (χ1) is 5.77. The van der Waals surface area contributed by atoms with E-state index >= 15 is 0 Å². The fraction of sp³-hybridized carbons (Fsp3) is 0.600. The lowest BCUT2D eigenvalue weighted by Crippen LogP contribution is -2.31. The van der Waals surface area contributed by atoms with Gasteiger partial charge in [0.05, 0.1) is 12.4 Å². The Kier molecular flexibility index (Phi) is 3.35. The van der Waals surface area contributed by atoms with E-state index in [1.807, 2.05) is 6.92 Å². The number of rotatable bonds is 2. The van der Waals surface area contributed by atoms with Crippen LogP contribution in [0.5, 0.6) is 0 Å². The van der Waals surface area contributed by atoms with E-state index in [2.05, 4.69) is 12.7 Å². The molecule has 12 heavy (non-hydrogen) atoms. The molecule has 1 fully saturated rings. The SMILES string of the molecule is C=COC1CC(=CC)CCC1O. The highest BCUT2D eigenvalue weighted by molar-refractivity contribution is 5.07. The zero-order chi connectivity index (χ0) is 8.97. The molecule has 0 bridgehead atoms. The molecule has 0 spiro atoms. The van der Waals surface area contributed by atoms with Gasteiger partial charge in [0, 0.05) is 6.42 Å². The van der Waals surface area contributed by atoms with Crippen molar-refractivity contribution in [1.29, 1.82) is 0 Å². The van der Waals surface area contributed by atoms with Gasteiger partial charge in [-0.25, -0.2) is 0 Å². The van der Waals surface area contributed by atoms with Gasteiger partial charge in [0.25, 0.3) is 0 Å². The molecule has 1 aliphatic carbocycles. The average Bonchev–Trinajstić information content (AvgIpc) is 2.09. The van der Waals surface area contributed by atoms with Crippen LogP contribution < -0.4 is 0 Å². The van der Waals surface area contributed by atoms with Crippen LogP contribution in [0, 0.1) is 0 Å². The van der Waals surface area contributed by atoms with E-state index in [0.717, 1.165) is 19.3 Å². The second-order valence-electron chi connectivity index (χ2n) is 3.10. The summed E-state index contributed by atoms with van der Waals surface area (Å²) in [5.74, 6) is 0. The van der Waals surface area contributed by atoms with Crippen LogP contribution in [0.1, 0.15) is 26.2 Å². The third-order valence-electron chi connectivity index (χ3n) is 2.33. The average molecular weight is 168 g/mol. The number of aliphatic hydroxyl groups is 1. The molecule has 0 aromatic heterocycles. The van der Waals surface area contributed by atoms with Gasteiger partial charge in [-0.3, -0.25) is 0 Å². The number of ether oxygens (including phenoxy) is 1. The van der Waals surface area contributed by atoms with E-state index in [9.17, 15) is 5.11 Å². The highest BCUT2D eigenvalue weighted by atomic mass is 16.5. The molecule has 2 nitrogen and oxygen atoms in total. The minimum atomic E-state index is -0.327.